The van der Waals surface area contributed by atoms with Crippen molar-refractivity contribution in [2.75, 3.05) is 18.4 Å². The summed E-state index contributed by atoms with van der Waals surface area (Å²) in [7, 11) is -3.49. The molecule has 1 saturated carbocycles. The molecule has 1 aliphatic carbocycles. The lowest BCUT2D eigenvalue weighted by Crippen LogP contribution is -2.37. The number of hydrogen-bond donors (Lipinski definition) is 1. The molecule has 8 heteroatoms. The Bertz CT molecular complexity index is 1330. The highest BCUT2D eigenvalue weighted by molar-refractivity contribution is 7.89. The van der Waals surface area contributed by atoms with Crippen molar-refractivity contribution < 1.29 is 13.2 Å². The largest absolute Gasteiger partial charge is 0.321 e. The maximum Gasteiger partial charge on any atom is 0.273 e. The molecular weight excluding hydrogens is 496 g/mol. The topological polar surface area (TPSA) is 84.3 Å². The van der Waals surface area contributed by atoms with Crippen molar-refractivity contribution in [2.45, 2.75) is 81.6 Å². The fourth-order valence-corrected chi connectivity index (χ4v) is 7.34. The SMILES string of the molecule is CC(C)n1nccc1C(=O)Nc1ccc(C2CCN(S(=O)(=O)c3ccc(C4CCCCC4)cc3)CC2)cc1. The van der Waals surface area contributed by atoms with Crippen LogP contribution in [0.5, 0.6) is 0 Å². The Morgan fingerprint density at radius 1 is 0.842 bits per heavy atom. The standard InChI is InChI=1S/C30H38N4O3S/c1-22(2)34-29(16-19-31-34)30(35)32-27-12-8-24(9-13-27)26-17-20-33(21-18-26)38(36,37)28-14-10-25(11-15-28)23-6-4-3-5-7-23/h8-16,19,22-23,26H,3-7,17-18,20-21H2,1-2H3,(H,32,35). The highest BCUT2D eigenvalue weighted by Crippen LogP contribution is 2.34. The summed E-state index contributed by atoms with van der Waals surface area (Å²) in [5.41, 5.74) is 3.70. The predicted octanol–water partition coefficient (Wildman–Crippen LogP) is 6.33. The minimum Gasteiger partial charge on any atom is -0.321 e. The van der Waals surface area contributed by atoms with E-state index >= 15 is 0 Å². The first-order valence-corrected chi connectivity index (χ1v) is 15.3. The third-order valence-corrected chi connectivity index (χ3v) is 9.99. The number of carbonyl (C=O) groups is 1. The van der Waals surface area contributed by atoms with Gasteiger partial charge in [0.2, 0.25) is 10.0 Å². The van der Waals surface area contributed by atoms with Crippen molar-refractivity contribution in [1.82, 2.24) is 14.1 Å². The fraction of sp³-hybridized carbons (Fsp3) is 0.467. The second-order valence-electron chi connectivity index (χ2n) is 10.9. The van der Waals surface area contributed by atoms with E-state index in [4.69, 9.17) is 0 Å². The number of rotatable bonds is 7. The molecule has 1 saturated heterocycles. The van der Waals surface area contributed by atoms with Gasteiger partial charge in [-0.3, -0.25) is 9.48 Å². The van der Waals surface area contributed by atoms with E-state index in [9.17, 15) is 13.2 Å². The van der Waals surface area contributed by atoms with Crippen LogP contribution in [0.15, 0.2) is 65.7 Å². The zero-order chi connectivity index (χ0) is 26.7. The van der Waals surface area contributed by atoms with Crippen LogP contribution in [-0.4, -0.2) is 41.5 Å². The van der Waals surface area contributed by atoms with Gasteiger partial charge in [-0.25, -0.2) is 8.42 Å². The summed E-state index contributed by atoms with van der Waals surface area (Å²) in [6, 6.07) is 17.4. The van der Waals surface area contributed by atoms with E-state index in [1.165, 1.54) is 43.2 Å². The van der Waals surface area contributed by atoms with Gasteiger partial charge in [-0.2, -0.15) is 9.40 Å². The third kappa shape index (κ3) is 5.71. The van der Waals surface area contributed by atoms with Gasteiger partial charge in [0, 0.05) is 31.0 Å². The summed E-state index contributed by atoms with van der Waals surface area (Å²) in [6.07, 6.45) is 9.44. The molecule has 2 fully saturated rings. The summed E-state index contributed by atoms with van der Waals surface area (Å²) in [5.74, 6) is 0.677. The second-order valence-corrected chi connectivity index (χ2v) is 12.9. The Morgan fingerprint density at radius 2 is 1.42 bits per heavy atom. The summed E-state index contributed by atoms with van der Waals surface area (Å²) in [5, 5.41) is 7.18. The van der Waals surface area contributed by atoms with Crippen molar-refractivity contribution in [1.29, 1.82) is 0 Å². The molecule has 1 aromatic heterocycles. The van der Waals surface area contributed by atoms with Gasteiger partial charge in [-0.1, -0.05) is 43.5 Å². The number of piperidine rings is 1. The molecule has 0 bridgehead atoms. The van der Waals surface area contributed by atoms with Gasteiger partial charge < -0.3 is 5.32 Å². The molecule has 0 unspecified atom stereocenters. The number of sulfonamides is 1. The zero-order valence-electron chi connectivity index (χ0n) is 22.3. The Balaban J connectivity index is 1.17. The normalized spacial score (nSPS) is 18.1. The van der Waals surface area contributed by atoms with Gasteiger partial charge in [0.1, 0.15) is 5.69 Å². The first-order valence-electron chi connectivity index (χ1n) is 13.9. The van der Waals surface area contributed by atoms with Crippen LogP contribution in [0.25, 0.3) is 0 Å². The average Bonchev–Trinajstić information content (AvgIpc) is 3.45. The molecule has 202 valence electrons. The van der Waals surface area contributed by atoms with Gasteiger partial charge >= 0.3 is 0 Å². The van der Waals surface area contributed by atoms with E-state index in [1.807, 2.05) is 50.2 Å². The van der Waals surface area contributed by atoms with Gasteiger partial charge in [-0.05, 0) is 92.8 Å². The van der Waals surface area contributed by atoms with Crippen molar-refractivity contribution in [3.05, 3.63) is 77.6 Å². The van der Waals surface area contributed by atoms with E-state index in [0.717, 1.165) is 18.5 Å². The lowest BCUT2D eigenvalue weighted by atomic mass is 9.84. The minimum absolute atomic E-state index is 0.101. The van der Waals surface area contributed by atoms with Crippen molar-refractivity contribution in [2.24, 2.45) is 0 Å². The number of nitrogens with one attached hydrogen (secondary N) is 1. The molecule has 1 aliphatic heterocycles. The van der Waals surface area contributed by atoms with Gasteiger partial charge in [0.25, 0.3) is 5.91 Å². The lowest BCUT2D eigenvalue weighted by molar-refractivity contribution is 0.101. The van der Waals surface area contributed by atoms with Crippen molar-refractivity contribution in [3.63, 3.8) is 0 Å². The second kappa shape index (κ2) is 11.4. The smallest absolute Gasteiger partial charge is 0.273 e. The molecule has 5 rings (SSSR count). The Kier molecular flexibility index (Phi) is 8.00. The van der Waals surface area contributed by atoms with Crippen LogP contribution < -0.4 is 5.32 Å². The van der Waals surface area contributed by atoms with E-state index in [-0.39, 0.29) is 11.9 Å². The van der Waals surface area contributed by atoms with Crippen molar-refractivity contribution >= 4 is 21.6 Å². The monoisotopic (exact) mass is 534 g/mol. The molecule has 2 aromatic carbocycles. The first kappa shape index (κ1) is 26.6. The maximum absolute atomic E-state index is 13.3. The molecule has 3 aromatic rings. The van der Waals surface area contributed by atoms with E-state index in [1.54, 1.807) is 33.4 Å². The van der Waals surface area contributed by atoms with Crippen LogP contribution in [0.1, 0.15) is 98.3 Å². The molecule has 2 heterocycles. The zero-order valence-corrected chi connectivity index (χ0v) is 23.2. The first-order chi connectivity index (χ1) is 18.3. The summed E-state index contributed by atoms with van der Waals surface area (Å²) in [4.78, 5) is 13.1. The van der Waals surface area contributed by atoms with Gasteiger partial charge in [0.05, 0.1) is 4.90 Å². The van der Waals surface area contributed by atoms with Crippen LogP contribution >= 0.6 is 0 Å². The Morgan fingerprint density at radius 3 is 2.03 bits per heavy atom. The average molecular weight is 535 g/mol. The maximum atomic E-state index is 13.3. The van der Waals surface area contributed by atoms with Crippen LogP contribution in [0.3, 0.4) is 0 Å². The summed E-state index contributed by atoms with van der Waals surface area (Å²) in [6.45, 7) is 5.00. The fourth-order valence-electron chi connectivity index (χ4n) is 5.87. The molecule has 1 N–H and O–H groups in total. The molecule has 38 heavy (non-hydrogen) atoms. The molecular formula is C30H38N4O3S. The minimum atomic E-state index is -3.49. The number of anilines is 1. The molecule has 2 aliphatic rings. The van der Waals surface area contributed by atoms with Crippen LogP contribution in [-0.2, 0) is 10.0 Å². The molecule has 0 radical (unpaired) electrons. The van der Waals surface area contributed by atoms with Crippen LogP contribution in [0, 0.1) is 0 Å². The Hall–Kier alpha value is -2.97. The number of nitrogens with zero attached hydrogens (tertiary/aromatic N) is 3. The number of carbonyl (C=O) groups excluding carboxylic acids is 1. The molecule has 7 nitrogen and oxygen atoms in total. The highest BCUT2D eigenvalue weighted by Gasteiger charge is 2.30. The van der Waals surface area contributed by atoms with Crippen LogP contribution in [0.4, 0.5) is 5.69 Å². The Labute approximate surface area is 226 Å². The number of hydrogen-bond acceptors (Lipinski definition) is 4. The quantitative estimate of drug-likeness (QED) is 0.384. The number of amides is 1. The van der Waals surface area contributed by atoms with Gasteiger partial charge in [0.15, 0.2) is 0 Å². The highest BCUT2D eigenvalue weighted by atomic mass is 32.2. The van der Waals surface area contributed by atoms with Gasteiger partial charge in [-0.15, -0.1) is 0 Å². The van der Waals surface area contributed by atoms with E-state index in [2.05, 4.69) is 10.4 Å². The third-order valence-electron chi connectivity index (χ3n) is 8.08. The molecule has 1 amide bonds. The van der Waals surface area contributed by atoms with E-state index in [0.29, 0.717) is 35.5 Å². The summed E-state index contributed by atoms with van der Waals surface area (Å²) >= 11 is 0. The summed E-state index contributed by atoms with van der Waals surface area (Å²) < 4.78 is 30.0. The van der Waals surface area contributed by atoms with Crippen LogP contribution in [0.2, 0.25) is 0 Å². The molecule has 0 atom stereocenters. The lowest BCUT2D eigenvalue weighted by Gasteiger charge is -2.31. The van der Waals surface area contributed by atoms with Crippen molar-refractivity contribution in [3.8, 4) is 0 Å². The predicted molar refractivity (Wildman–Crippen MR) is 150 cm³/mol. The number of benzene rings is 2. The number of aromatic nitrogens is 2. The molecule has 0 spiro atoms. The van der Waals surface area contributed by atoms with E-state index < -0.39 is 10.0 Å².